The number of carbonyl (C=O) groups excluding carboxylic acids is 1. The maximum atomic E-state index is 11.4. The Hall–Kier alpha value is -1.03. The highest BCUT2D eigenvalue weighted by molar-refractivity contribution is 9.10. The largest absolute Gasteiger partial charge is 0.496 e. The molecule has 1 aromatic carbocycles. The van der Waals surface area contributed by atoms with Crippen molar-refractivity contribution >= 4 is 21.8 Å². The summed E-state index contributed by atoms with van der Waals surface area (Å²) in [7, 11) is 1.65. The first kappa shape index (κ1) is 12.4. The minimum atomic E-state index is 0.203. The van der Waals surface area contributed by atoms with Gasteiger partial charge in [0, 0.05) is 12.5 Å². The number of hydrogen-bond donors (Lipinski definition) is 1. The highest BCUT2D eigenvalue weighted by Crippen LogP contribution is 2.28. The van der Waals surface area contributed by atoms with Crippen LogP contribution in [0.2, 0.25) is 0 Å². The van der Waals surface area contributed by atoms with Gasteiger partial charge in [0.15, 0.2) is 0 Å². The van der Waals surface area contributed by atoms with Crippen molar-refractivity contribution in [1.29, 1.82) is 0 Å². The van der Waals surface area contributed by atoms with Crippen LogP contribution in [-0.2, 0) is 11.2 Å². The Labute approximate surface area is 110 Å². The average molecular weight is 298 g/mol. The number of amides is 1. The lowest BCUT2D eigenvalue weighted by Crippen LogP contribution is -2.26. The summed E-state index contributed by atoms with van der Waals surface area (Å²) < 4.78 is 6.18. The monoisotopic (exact) mass is 297 g/mol. The van der Waals surface area contributed by atoms with Gasteiger partial charge in [-0.25, -0.2) is 0 Å². The van der Waals surface area contributed by atoms with Gasteiger partial charge in [-0.3, -0.25) is 4.79 Å². The zero-order chi connectivity index (χ0) is 12.3. The summed E-state index contributed by atoms with van der Waals surface area (Å²) in [4.78, 5) is 11.4. The van der Waals surface area contributed by atoms with Crippen molar-refractivity contribution in [3.05, 3.63) is 28.2 Å². The van der Waals surface area contributed by atoms with Gasteiger partial charge in [-0.15, -0.1) is 0 Å². The quantitative estimate of drug-likeness (QED) is 0.907. The fourth-order valence-electron chi connectivity index (χ4n) is 1.68. The zero-order valence-electron chi connectivity index (χ0n) is 9.83. The molecular weight excluding hydrogens is 282 g/mol. The lowest BCUT2D eigenvalue weighted by atomic mass is 10.1. The van der Waals surface area contributed by atoms with Gasteiger partial charge in [0.2, 0.25) is 5.91 Å². The summed E-state index contributed by atoms with van der Waals surface area (Å²) in [6.07, 6.45) is 2.94. The van der Waals surface area contributed by atoms with E-state index >= 15 is 0 Å². The molecule has 1 amide bonds. The first-order chi connectivity index (χ1) is 8.20. The summed E-state index contributed by atoms with van der Waals surface area (Å²) >= 11 is 3.41. The number of ether oxygens (including phenoxy) is 1. The minimum Gasteiger partial charge on any atom is -0.496 e. The van der Waals surface area contributed by atoms with Crippen molar-refractivity contribution in [3.63, 3.8) is 0 Å². The number of halogens is 1. The molecule has 0 spiro atoms. The highest BCUT2D eigenvalue weighted by Gasteiger charge is 2.28. The predicted molar refractivity (Wildman–Crippen MR) is 70.1 cm³/mol. The Morgan fingerprint density at radius 2 is 2.29 bits per heavy atom. The third kappa shape index (κ3) is 3.46. The smallest absolute Gasteiger partial charge is 0.223 e. The molecule has 0 radical (unpaired) electrons. The van der Waals surface area contributed by atoms with E-state index in [1.807, 2.05) is 18.2 Å². The summed E-state index contributed by atoms with van der Waals surface area (Å²) in [6, 6.07) is 6.00. The Morgan fingerprint density at radius 3 is 2.94 bits per heavy atom. The fourth-order valence-corrected chi connectivity index (χ4v) is 2.09. The molecule has 1 aliphatic carbocycles. The lowest BCUT2D eigenvalue weighted by molar-refractivity contribution is -0.122. The van der Waals surface area contributed by atoms with E-state index in [2.05, 4.69) is 21.2 Å². The summed E-state index contributed by atoms with van der Waals surface area (Å²) in [5, 5.41) is 2.95. The van der Waals surface area contributed by atoms with E-state index in [1.165, 1.54) is 5.56 Å². The van der Waals surface area contributed by atoms with Gasteiger partial charge in [0.1, 0.15) is 5.75 Å². The van der Waals surface area contributed by atoms with Crippen molar-refractivity contribution in [3.8, 4) is 5.75 Å². The maximum absolute atomic E-state index is 11.4. The van der Waals surface area contributed by atoms with E-state index in [4.69, 9.17) is 4.74 Å². The average Bonchev–Trinajstić information content (AvgIpc) is 3.15. The maximum Gasteiger partial charge on any atom is 0.223 e. The topological polar surface area (TPSA) is 38.3 Å². The summed E-state index contributed by atoms with van der Waals surface area (Å²) in [6.45, 7) is 0.695. The number of hydrogen-bond acceptors (Lipinski definition) is 2. The molecule has 0 heterocycles. The number of carbonyl (C=O) groups is 1. The molecular formula is C13H16BrNO2. The van der Waals surface area contributed by atoms with Gasteiger partial charge in [-0.2, -0.15) is 0 Å². The van der Waals surface area contributed by atoms with Crippen LogP contribution in [0.15, 0.2) is 22.7 Å². The number of benzene rings is 1. The van der Waals surface area contributed by atoms with Gasteiger partial charge in [-0.05, 0) is 52.9 Å². The van der Waals surface area contributed by atoms with Crippen LogP contribution in [0.1, 0.15) is 18.4 Å². The van der Waals surface area contributed by atoms with Crippen molar-refractivity contribution < 1.29 is 9.53 Å². The van der Waals surface area contributed by atoms with Gasteiger partial charge in [0.05, 0.1) is 11.6 Å². The molecule has 2 rings (SSSR count). The third-order valence-corrected chi connectivity index (χ3v) is 3.53. The Balaban J connectivity index is 1.83. The van der Waals surface area contributed by atoms with Crippen LogP contribution in [0.3, 0.4) is 0 Å². The van der Waals surface area contributed by atoms with E-state index in [1.54, 1.807) is 7.11 Å². The molecule has 0 aromatic heterocycles. The molecule has 3 nitrogen and oxygen atoms in total. The minimum absolute atomic E-state index is 0.203. The van der Waals surface area contributed by atoms with Crippen LogP contribution >= 0.6 is 15.9 Å². The van der Waals surface area contributed by atoms with Crippen LogP contribution in [0.4, 0.5) is 0 Å². The lowest BCUT2D eigenvalue weighted by Gasteiger charge is -2.07. The molecule has 1 aromatic rings. The third-order valence-electron chi connectivity index (χ3n) is 2.88. The second-order valence-corrected chi connectivity index (χ2v) is 5.14. The summed E-state index contributed by atoms with van der Waals surface area (Å²) in [5.74, 6) is 1.32. The van der Waals surface area contributed by atoms with Crippen LogP contribution in [0.25, 0.3) is 0 Å². The van der Waals surface area contributed by atoms with Crippen LogP contribution in [-0.4, -0.2) is 19.6 Å². The van der Waals surface area contributed by atoms with Crippen molar-refractivity contribution in [1.82, 2.24) is 5.32 Å². The molecule has 1 saturated carbocycles. The van der Waals surface area contributed by atoms with Gasteiger partial charge >= 0.3 is 0 Å². The fraction of sp³-hybridized carbons (Fsp3) is 0.462. The molecule has 0 saturated heterocycles. The second-order valence-electron chi connectivity index (χ2n) is 4.28. The molecule has 0 aliphatic heterocycles. The van der Waals surface area contributed by atoms with Crippen LogP contribution in [0.5, 0.6) is 5.75 Å². The molecule has 1 N–H and O–H groups in total. The number of methoxy groups -OCH3 is 1. The first-order valence-electron chi connectivity index (χ1n) is 5.81. The zero-order valence-corrected chi connectivity index (χ0v) is 11.4. The van der Waals surface area contributed by atoms with Crippen LogP contribution in [0, 0.1) is 5.92 Å². The number of nitrogens with one attached hydrogen (secondary N) is 1. The van der Waals surface area contributed by atoms with E-state index in [0.29, 0.717) is 6.54 Å². The van der Waals surface area contributed by atoms with E-state index < -0.39 is 0 Å². The molecule has 0 unspecified atom stereocenters. The van der Waals surface area contributed by atoms with E-state index in [9.17, 15) is 4.79 Å². The molecule has 92 valence electrons. The van der Waals surface area contributed by atoms with E-state index in [-0.39, 0.29) is 11.8 Å². The standard InChI is InChI=1S/C13H16BrNO2/c1-17-12-8-9(2-5-11(12)14)6-7-15-13(16)10-3-4-10/h2,5,8,10H,3-4,6-7H2,1H3,(H,15,16). The molecule has 4 heteroatoms. The normalized spacial score (nSPS) is 14.5. The molecule has 17 heavy (non-hydrogen) atoms. The molecule has 0 atom stereocenters. The van der Waals surface area contributed by atoms with Crippen molar-refractivity contribution in [2.75, 3.05) is 13.7 Å². The summed E-state index contributed by atoms with van der Waals surface area (Å²) in [5.41, 5.74) is 1.17. The van der Waals surface area contributed by atoms with Gasteiger partial charge < -0.3 is 10.1 Å². The predicted octanol–water partition coefficient (Wildman–Crippen LogP) is 2.53. The van der Waals surface area contributed by atoms with Gasteiger partial charge in [-0.1, -0.05) is 6.07 Å². The van der Waals surface area contributed by atoms with Crippen molar-refractivity contribution in [2.45, 2.75) is 19.3 Å². The Bertz CT molecular complexity index is 416. The first-order valence-corrected chi connectivity index (χ1v) is 6.60. The van der Waals surface area contributed by atoms with Crippen LogP contribution < -0.4 is 10.1 Å². The Morgan fingerprint density at radius 1 is 1.53 bits per heavy atom. The van der Waals surface area contributed by atoms with Gasteiger partial charge in [0.25, 0.3) is 0 Å². The SMILES string of the molecule is COc1cc(CCNC(=O)C2CC2)ccc1Br. The second kappa shape index (κ2) is 5.54. The highest BCUT2D eigenvalue weighted by atomic mass is 79.9. The molecule has 1 fully saturated rings. The number of rotatable bonds is 5. The Kier molecular flexibility index (Phi) is 4.05. The molecule has 1 aliphatic rings. The molecule has 0 bridgehead atoms. The van der Waals surface area contributed by atoms with Crippen molar-refractivity contribution in [2.24, 2.45) is 5.92 Å². The van der Waals surface area contributed by atoms with E-state index in [0.717, 1.165) is 29.5 Å².